The summed E-state index contributed by atoms with van der Waals surface area (Å²) in [6, 6.07) is 10.6. The second-order valence-corrected chi connectivity index (χ2v) is 5.36. The molecule has 2 aromatic rings. The molecule has 1 atom stereocenters. The summed E-state index contributed by atoms with van der Waals surface area (Å²) in [5.74, 6) is 1.47. The molecule has 0 spiro atoms. The summed E-state index contributed by atoms with van der Waals surface area (Å²) in [5.41, 5.74) is 1.08. The van der Waals surface area contributed by atoms with Gasteiger partial charge >= 0.3 is 0 Å². The van der Waals surface area contributed by atoms with Crippen LogP contribution in [0.1, 0.15) is 63.4 Å². The third-order valence-electron chi connectivity index (χ3n) is 4.46. The highest BCUT2D eigenvalue weighted by Gasteiger charge is 2.36. The number of rotatable bonds is 7. The van der Waals surface area contributed by atoms with Crippen molar-refractivity contribution in [2.45, 2.75) is 51.5 Å². The van der Waals surface area contributed by atoms with E-state index in [1.165, 1.54) is 5.56 Å². The molecule has 1 N–H and O–H groups in total. The van der Waals surface area contributed by atoms with Gasteiger partial charge in [0.05, 0.1) is 11.5 Å². The average Bonchev–Trinajstić information content (AvgIpc) is 3.02. The lowest BCUT2D eigenvalue weighted by Crippen LogP contribution is -2.28. The molecule has 0 saturated carbocycles. The minimum absolute atomic E-state index is 0.119. The van der Waals surface area contributed by atoms with E-state index in [1.54, 1.807) is 0 Å². The number of nitrogens with one attached hydrogen (secondary N) is 1. The molecule has 1 heterocycles. The first-order valence-corrected chi connectivity index (χ1v) is 7.78. The maximum atomic E-state index is 5.52. The summed E-state index contributed by atoms with van der Waals surface area (Å²) in [7, 11) is 1.92. The Morgan fingerprint density at radius 1 is 1.14 bits per heavy atom. The Bertz CT molecular complexity index is 542. The zero-order valence-corrected chi connectivity index (χ0v) is 13.4. The summed E-state index contributed by atoms with van der Waals surface area (Å²) in [6.07, 6.45) is 2.82. The fourth-order valence-corrected chi connectivity index (χ4v) is 2.93. The van der Waals surface area contributed by atoms with Gasteiger partial charge in [0.15, 0.2) is 5.82 Å². The van der Waals surface area contributed by atoms with Crippen LogP contribution in [-0.4, -0.2) is 17.2 Å². The lowest BCUT2D eigenvalue weighted by molar-refractivity contribution is 0.322. The van der Waals surface area contributed by atoms with Crippen molar-refractivity contribution < 1.29 is 4.52 Å². The average molecular weight is 287 g/mol. The fraction of sp³-hybridized carbons (Fsp3) is 0.529. The monoisotopic (exact) mass is 287 g/mol. The molecule has 114 valence electrons. The Hall–Kier alpha value is -1.68. The van der Waals surface area contributed by atoms with Crippen LogP contribution in [0.4, 0.5) is 0 Å². The van der Waals surface area contributed by atoms with Gasteiger partial charge < -0.3 is 9.84 Å². The minimum atomic E-state index is -0.172. The quantitative estimate of drug-likeness (QED) is 0.840. The topological polar surface area (TPSA) is 51.0 Å². The third kappa shape index (κ3) is 2.86. The van der Waals surface area contributed by atoms with Crippen LogP contribution in [-0.2, 0) is 5.41 Å². The molecule has 1 aromatic heterocycles. The Kier molecular flexibility index (Phi) is 5.12. The second kappa shape index (κ2) is 6.85. The van der Waals surface area contributed by atoms with E-state index < -0.39 is 0 Å². The number of hydrogen-bond donors (Lipinski definition) is 1. The molecule has 0 amide bonds. The summed E-state index contributed by atoms with van der Waals surface area (Å²) in [6.45, 7) is 6.47. The maximum absolute atomic E-state index is 5.52. The highest BCUT2D eigenvalue weighted by molar-refractivity contribution is 5.32. The number of benzene rings is 1. The van der Waals surface area contributed by atoms with Crippen molar-refractivity contribution in [3.05, 3.63) is 47.6 Å². The number of aromatic nitrogens is 2. The van der Waals surface area contributed by atoms with Crippen molar-refractivity contribution in [1.29, 1.82) is 0 Å². The maximum Gasteiger partial charge on any atom is 0.243 e. The summed E-state index contributed by atoms with van der Waals surface area (Å²) in [5, 5.41) is 7.51. The van der Waals surface area contributed by atoms with Crippen LogP contribution in [0.15, 0.2) is 34.9 Å². The van der Waals surface area contributed by atoms with Crippen LogP contribution >= 0.6 is 0 Å². The lowest BCUT2D eigenvalue weighted by Gasteiger charge is -2.28. The molecule has 0 aliphatic rings. The number of hydrogen-bond acceptors (Lipinski definition) is 4. The summed E-state index contributed by atoms with van der Waals surface area (Å²) < 4.78 is 5.52. The van der Waals surface area contributed by atoms with Crippen molar-refractivity contribution in [2.24, 2.45) is 0 Å². The van der Waals surface area contributed by atoms with Crippen LogP contribution in [0, 0.1) is 0 Å². The normalized spacial score (nSPS) is 13.3. The Morgan fingerprint density at radius 2 is 1.81 bits per heavy atom. The van der Waals surface area contributed by atoms with E-state index in [1.807, 2.05) is 13.1 Å². The van der Waals surface area contributed by atoms with E-state index in [0.717, 1.165) is 25.1 Å². The van der Waals surface area contributed by atoms with Gasteiger partial charge in [-0.05, 0) is 31.9 Å². The molecule has 4 nitrogen and oxygen atoms in total. The fourth-order valence-electron chi connectivity index (χ4n) is 2.93. The molecule has 1 aromatic carbocycles. The predicted molar refractivity (Wildman–Crippen MR) is 84.2 cm³/mol. The zero-order chi connectivity index (χ0) is 15.3. The first-order chi connectivity index (χ1) is 10.2. The molecule has 0 fully saturated rings. The van der Waals surface area contributed by atoms with Crippen LogP contribution in [0.3, 0.4) is 0 Å². The first kappa shape index (κ1) is 15.7. The van der Waals surface area contributed by atoms with E-state index >= 15 is 0 Å². The summed E-state index contributed by atoms with van der Waals surface area (Å²) >= 11 is 0. The standard InChI is InChI=1S/C17H25N3O/c1-5-14(18-4)15-19-16(20-21-15)17(6-2,7-3)13-11-9-8-10-12-13/h8-12,14,18H,5-7H2,1-4H3. The van der Waals surface area contributed by atoms with Gasteiger partial charge in [0, 0.05) is 0 Å². The van der Waals surface area contributed by atoms with Crippen molar-refractivity contribution in [2.75, 3.05) is 7.05 Å². The van der Waals surface area contributed by atoms with Crippen molar-refractivity contribution in [1.82, 2.24) is 15.5 Å². The van der Waals surface area contributed by atoms with Crippen molar-refractivity contribution >= 4 is 0 Å². The molecule has 2 rings (SSSR count). The van der Waals surface area contributed by atoms with Crippen LogP contribution in [0.25, 0.3) is 0 Å². The molecular weight excluding hydrogens is 262 g/mol. The highest BCUT2D eigenvalue weighted by Crippen LogP contribution is 2.37. The van der Waals surface area contributed by atoms with E-state index in [9.17, 15) is 0 Å². The highest BCUT2D eigenvalue weighted by atomic mass is 16.5. The van der Waals surface area contributed by atoms with Gasteiger partial charge in [-0.15, -0.1) is 0 Å². The molecule has 0 bridgehead atoms. The summed E-state index contributed by atoms with van der Waals surface area (Å²) in [4.78, 5) is 4.70. The number of nitrogens with zero attached hydrogens (tertiary/aromatic N) is 2. The molecule has 0 saturated heterocycles. The van der Waals surface area contributed by atoms with E-state index in [2.05, 4.69) is 55.5 Å². The molecular formula is C17H25N3O. The van der Waals surface area contributed by atoms with Gasteiger partial charge in [0.1, 0.15) is 0 Å². The Morgan fingerprint density at radius 3 is 2.33 bits per heavy atom. The molecule has 21 heavy (non-hydrogen) atoms. The Balaban J connectivity index is 2.44. The molecule has 1 unspecified atom stereocenters. The van der Waals surface area contributed by atoms with Gasteiger partial charge in [0.25, 0.3) is 0 Å². The molecule has 0 aliphatic heterocycles. The first-order valence-electron chi connectivity index (χ1n) is 7.78. The van der Waals surface area contributed by atoms with E-state index in [-0.39, 0.29) is 11.5 Å². The van der Waals surface area contributed by atoms with E-state index in [0.29, 0.717) is 5.89 Å². The molecule has 4 heteroatoms. The molecule has 0 radical (unpaired) electrons. The van der Waals surface area contributed by atoms with Crippen LogP contribution in [0.2, 0.25) is 0 Å². The van der Waals surface area contributed by atoms with Gasteiger partial charge in [-0.2, -0.15) is 4.98 Å². The third-order valence-corrected chi connectivity index (χ3v) is 4.46. The van der Waals surface area contributed by atoms with Crippen LogP contribution in [0.5, 0.6) is 0 Å². The van der Waals surface area contributed by atoms with Gasteiger partial charge in [-0.1, -0.05) is 56.3 Å². The smallest absolute Gasteiger partial charge is 0.243 e. The van der Waals surface area contributed by atoms with Crippen LogP contribution < -0.4 is 5.32 Å². The zero-order valence-electron chi connectivity index (χ0n) is 13.4. The van der Waals surface area contributed by atoms with Crippen molar-refractivity contribution in [3.8, 4) is 0 Å². The van der Waals surface area contributed by atoms with E-state index in [4.69, 9.17) is 9.51 Å². The minimum Gasteiger partial charge on any atom is -0.338 e. The lowest BCUT2D eigenvalue weighted by atomic mass is 9.75. The predicted octanol–water partition coefficient (Wildman–Crippen LogP) is 3.85. The Labute approximate surface area is 127 Å². The largest absolute Gasteiger partial charge is 0.338 e. The van der Waals surface area contributed by atoms with Gasteiger partial charge in [-0.25, -0.2) is 0 Å². The SMILES string of the molecule is CCC(NC)c1nc(C(CC)(CC)c2ccccc2)no1. The van der Waals surface area contributed by atoms with Crippen molar-refractivity contribution in [3.63, 3.8) is 0 Å². The van der Waals surface area contributed by atoms with Gasteiger partial charge in [-0.3, -0.25) is 0 Å². The second-order valence-electron chi connectivity index (χ2n) is 5.36. The molecule has 0 aliphatic carbocycles. The van der Waals surface area contributed by atoms with Gasteiger partial charge in [0.2, 0.25) is 5.89 Å².